The number of aliphatic imine (C=N–C) groups is 1. The van der Waals surface area contributed by atoms with Gasteiger partial charge in [0.15, 0.2) is 6.61 Å². The summed E-state index contributed by atoms with van der Waals surface area (Å²) < 4.78 is 10.2. The molecule has 5 N–H and O–H groups in total. The van der Waals surface area contributed by atoms with E-state index in [-0.39, 0.29) is 69.9 Å². The Bertz CT molecular complexity index is 635. The van der Waals surface area contributed by atoms with Gasteiger partial charge in [0, 0.05) is 12.6 Å². The first-order valence-corrected chi connectivity index (χ1v) is 7.38. The monoisotopic (exact) mass is 572 g/mol. The number of aliphatic carboxylic acids is 1. The van der Waals surface area contributed by atoms with Crippen molar-refractivity contribution >= 4 is 23.5 Å². The first kappa shape index (κ1) is 27.5. The molecule has 0 fully saturated rings. The number of aliphatic hydroxyl groups is 1. The van der Waals surface area contributed by atoms with Crippen molar-refractivity contribution in [1.29, 1.82) is 0 Å². The fraction of sp³-hybridized carbons (Fsp3) is 0.375. The van der Waals surface area contributed by atoms with Crippen LogP contribution in [-0.4, -0.2) is 65.9 Å². The van der Waals surface area contributed by atoms with E-state index in [2.05, 4.69) is 17.2 Å². The van der Waals surface area contributed by atoms with Crippen molar-refractivity contribution in [3.8, 4) is 5.75 Å². The van der Waals surface area contributed by atoms with Gasteiger partial charge in [0.25, 0.3) is 5.91 Å². The molecule has 2 radical (unpaired) electrons. The van der Waals surface area contributed by atoms with Crippen LogP contribution in [0.3, 0.4) is 0 Å². The van der Waals surface area contributed by atoms with Crippen LogP contribution in [0.1, 0.15) is 17.3 Å². The van der Waals surface area contributed by atoms with E-state index in [1.54, 1.807) is 0 Å². The topological polar surface area (TPSA) is 172 Å². The Kier molecular flexibility index (Phi) is 14.6. The Morgan fingerprint density at radius 3 is 2.63 bits per heavy atom. The molecule has 1 amide bonds. The van der Waals surface area contributed by atoms with Gasteiger partial charge in [0.1, 0.15) is 5.75 Å². The first-order chi connectivity index (χ1) is 11.8. The minimum atomic E-state index is -1.21. The number of ether oxygens (including phenoxy) is 2. The van der Waals surface area contributed by atoms with E-state index in [0.29, 0.717) is 0 Å². The summed E-state index contributed by atoms with van der Waals surface area (Å²) >= 11 is 0. The number of hydrogen-bond donors (Lipinski definition) is 3. The summed E-state index contributed by atoms with van der Waals surface area (Å²) in [6.07, 6.45) is -0.563. The van der Waals surface area contributed by atoms with Gasteiger partial charge < -0.3 is 35.6 Å². The van der Waals surface area contributed by atoms with Crippen molar-refractivity contribution in [3.05, 3.63) is 30.7 Å². The van der Waals surface area contributed by atoms with Gasteiger partial charge in [-0.1, -0.05) is 0 Å². The third kappa shape index (κ3) is 10.9. The minimum absolute atomic E-state index is 0. The summed E-state index contributed by atoms with van der Waals surface area (Å²) in [5.74, 6) is -2.20. The average Bonchev–Trinajstić information content (AvgIpc) is 2.55. The summed E-state index contributed by atoms with van der Waals surface area (Å²) in [6, 6.07) is 4.12. The van der Waals surface area contributed by atoms with Gasteiger partial charge in [-0.3, -0.25) is 9.79 Å². The van der Waals surface area contributed by atoms with Crippen LogP contribution in [-0.2, 0) is 37.2 Å². The Morgan fingerprint density at radius 2 is 2.07 bits per heavy atom. The van der Waals surface area contributed by atoms with Crippen molar-refractivity contribution in [2.45, 2.75) is 13.0 Å². The van der Waals surface area contributed by atoms with Crippen molar-refractivity contribution in [1.82, 2.24) is 5.32 Å². The predicted octanol–water partition coefficient (Wildman–Crippen LogP) is -1.33. The van der Waals surface area contributed by atoms with Crippen molar-refractivity contribution in [3.63, 3.8) is 0 Å². The van der Waals surface area contributed by atoms with Gasteiger partial charge in [-0.05, 0) is 31.9 Å². The Labute approximate surface area is 177 Å². The Morgan fingerprint density at radius 1 is 1.41 bits per heavy atom. The summed E-state index contributed by atoms with van der Waals surface area (Å²) in [4.78, 5) is 26.6. The smallest absolute Gasteiger partial charge is 0.862 e. The number of carboxylic acids is 1. The number of hydrogen-bond acceptors (Lipinski definition) is 7. The molecule has 1 atom stereocenters. The zero-order valence-corrected chi connectivity index (χ0v) is 20.4. The van der Waals surface area contributed by atoms with Gasteiger partial charge in [-0.15, -0.1) is 0 Å². The molecule has 11 heteroatoms. The molecular formula is C16H22HgN2O8. The summed E-state index contributed by atoms with van der Waals surface area (Å²) in [7, 11) is 0. The van der Waals surface area contributed by atoms with E-state index in [9.17, 15) is 14.7 Å². The molecule has 1 aromatic carbocycles. The third-order valence-corrected chi connectivity index (χ3v) is 2.78. The maximum atomic E-state index is 12.3. The number of amides is 1. The van der Waals surface area contributed by atoms with Gasteiger partial charge in [-0.25, -0.2) is 4.79 Å². The molecule has 0 aliphatic rings. The summed E-state index contributed by atoms with van der Waals surface area (Å²) in [5, 5.41) is 31.0. The van der Waals surface area contributed by atoms with Crippen LogP contribution < -0.4 is 15.2 Å². The molecule has 27 heavy (non-hydrogen) atoms. The van der Waals surface area contributed by atoms with Crippen molar-refractivity contribution < 1.29 is 67.5 Å². The third-order valence-electron chi connectivity index (χ3n) is 2.78. The van der Waals surface area contributed by atoms with E-state index < -0.39 is 30.5 Å². The molecule has 1 aromatic rings. The number of carboxylic acid groups (broad SMARTS) is 1. The van der Waals surface area contributed by atoms with Crippen LogP contribution in [0.4, 0.5) is 5.69 Å². The van der Waals surface area contributed by atoms with Gasteiger partial charge in [0.2, 0.25) is 0 Å². The van der Waals surface area contributed by atoms with E-state index in [4.69, 9.17) is 19.7 Å². The molecular weight excluding hydrogens is 549 g/mol. The number of rotatable bonds is 10. The molecule has 0 heterocycles. The van der Waals surface area contributed by atoms with Gasteiger partial charge >= 0.3 is 33.6 Å². The van der Waals surface area contributed by atoms with Crippen LogP contribution in [0.15, 0.2) is 23.2 Å². The SMILES string of the molecule is O.[CH2]C(CNC(=O)c1ccc(N=C(C)[O-])cc1OCC(=O)O)OCCO.[Hg+]. The van der Waals surface area contributed by atoms with Gasteiger partial charge in [-0.2, -0.15) is 0 Å². The number of carbonyl (C=O) groups excluding carboxylic acids is 1. The minimum Gasteiger partial charge on any atom is -0.862 e. The maximum Gasteiger partial charge on any atom is 1.00 e. The Balaban J connectivity index is 0. The van der Waals surface area contributed by atoms with Crippen molar-refractivity contribution in [2.24, 2.45) is 4.99 Å². The zero-order valence-electron chi connectivity index (χ0n) is 14.9. The van der Waals surface area contributed by atoms with Crippen LogP contribution in [0.25, 0.3) is 0 Å². The molecule has 1 unspecified atom stereocenters. The molecule has 0 aromatic heterocycles. The van der Waals surface area contributed by atoms with Gasteiger partial charge in [0.05, 0.1) is 30.6 Å². The van der Waals surface area contributed by atoms with E-state index in [0.717, 1.165) is 0 Å². The molecule has 0 aliphatic carbocycles. The molecule has 0 bridgehead atoms. The molecule has 146 valence electrons. The van der Waals surface area contributed by atoms with Crippen LogP contribution >= 0.6 is 0 Å². The number of aliphatic hydroxyl groups excluding tert-OH is 1. The van der Waals surface area contributed by atoms with Crippen LogP contribution in [0, 0.1) is 6.92 Å². The fourth-order valence-corrected chi connectivity index (χ4v) is 1.79. The molecule has 0 aliphatic heterocycles. The summed E-state index contributed by atoms with van der Waals surface area (Å²) in [5.41, 5.74) is 0.323. The predicted molar refractivity (Wildman–Crippen MR) is 90.5 cm³/mol. The van der Waals surface area contributed by atoms with E-state index >= 15 is 0 Å². The molecule has 0 spiro atoms. The van der Waals surface area contributed by atoms with E-state index in [1.807, 2.05) is 0 Å². The quantitative estimate of drug-likeness (QED) is 0.178. The number of benzene rings is 1. The Hall–Kier alpha value is -1.75. The largest absolute Gasteiger partial charge is 1.00 e. The molecule has 10 nitrogen and oxygen atoms in total. The van der Waals surface area contributed by atoms with Crippen LogP contribution in [0.5, 0.6) is 5.75 Å². The summed E-state index contributed by atoms with van der Waals surface area (Å²) in [6.45, 7) is 4.29. The normalized spacial score (nSPS) is 11.6. The molecule has 1 rings (SSSR count). The zero-order chi connectivity index (χ0) is 18.8. The van der Waals surface area contributed by atoms with Crippen LogP contribution in [0.2, 0.25) is 0 Å². The average molecular weight is 571 g/mol. The second-order valence-electron chi connectivity index (χ2n) is 4.92. The molecule has 0 saturated carbocycles. The first-order valence-electron chi connectivity index (χ1n) is 7.38. The number of nitrogens with one attached hydrogen (secondary N) is 1. The number of nitrogens with zero attached hydrogens (tertiary/aromatic N) is 1. The second-order valence-corrected chi connectivity index (χ2v) is 4.92. The molecule has 0 saturated heterocycles. The van der Waals surface area contributed by atoms with E-state index in [1.165, 1.54) is 25.1 Å². The van der Waals surface area contributed by atoms with Crippen molar-refractivity contribution in [2.75, 3.05) is 26.4 Å². The fourth-order valence-electron chi connectivity index (χ4n) is 1.79. The standard InChI is InChI=1S/C16H21N2O7.Hg.H2O/c1-10(24-6-5-19)8-17-16(23)13-4-3-12(18-11(2)20)7-14(13)25-9-15(21)22;;/h3-4,7,10,19H,1,5-6,8-9H2,2H3,(H,17,23)(H,18,20)(H,21,22);;1H2/q;+1;/p-1. The number of carbonyl (C=O) groups is 2. The second kappa shape index (κ2) is 14.3. The maximum absolute atomic E-state index is 12.3.